The molecule has 3 heterocycles. The average Bonchev–Trinajstić information content (AvgIpc) is 3.18. The summed E-state index contributed by atoms with van der Waals surface area (Å²) in [6.45, 7) is 11.0. The predicted octanol–water partition coefficient (Wildman–Crippen LogP) is 10.6. The number of rotatable bonds is 21. The van der Waals surface area contributed by atoms with Gasteiger partial charge in [0.1, 0.15) is 29.2 Å². The summed E-state index contributed by atoms with van der Waals surface area (Å²) in [5, 5.41) is 2.61. The fourth-order valence-electron chi connectivity index (χ4n) is 8.28. The number of aldehydes is 1. The van der Waals surface area contributed by atoms with Crippen LogP contribution in [0.2, 0.25) is 0 Å². The lowest BCUT2D eigenvalue weighted by molar-refractivity contribution is -0.107. The third-order valence-electron chi connectivity index (χ3n) is 11.4. The maximum absolute atomic E-state index is 14.2. The number of pyridine rings is 1. The predicted molar refractivity (Wildman–Crippen MR) is 226 cm³/mol. The summed E-state index contributed by atoms with van der Waals surface area (Å²) >= 11 is 0. The highest BCUT2D eigenvalue weighted by molar-refractivity contribution is 5.98. The highest BCUT2D eigenvalue weighted by atomic mass is 19.1. The van der Waals surface area contributed by atoms with Gasteiger partial charge in [-0.1, -0.05) is 127 Å². The van der Waals surface area contributed by atoms with E-state index in [4.69, 9.17) is 0 Å². The first-order valence-electron chi connectivity index (χ1n) is 21.6. The van der Waals surface area contributed by atoms with Gasteiger partial charge in [0, 0.05) is 48.9 Å². The van der Waals surface area contributed by atoms with Crippen molar-refractivity contribution in [3.05, 3.63) is 116 Å². The molecule has 2 unspecified atom stereocenters. The molecular weight excluding hydrogens is 721 g/mol. The molecule has 0 radical (unpaired) electrons. The van der Waals surface area contributed by atoms with Gasteiger partial charge in [-0.3, -0.25) is 14.4 Å². The van der Waals surface area contributed by atoms with Crippen molar-refractivity contribution < 1.29 is 23.2 Å². The molecule has 57 heavy (non-hydrogen) atoms. The second kappa shape index (κ2) is 23.7. The minimum Gasteiger partial charge on any atom is -0.348 e. The highest BCUT2D eigenvalue weighted by Gasteiger charge is 2.40. The lowest BCUT2D eigenvalue weighted by Gasteiger charge is -2.45. The van der Waals surface area contributed by atoms with E-state index in [1.807, 2.05) is 24.0 Å². The van der Waals surface area contributed by atoms with Crippen LogP contribution in [-0.4, -0.2) is 39.7 Å². The van der Waals surface area contributed by atoms with Gasteiger partial charge in [-0.05, 0) is 69.1 Å². The zero-order valence-electron chi connectivity index (χ0n) is 34.7. The molecule has 2 aromatic carbocycles. The number of hydrogen-bond acceptors (Lipinski definition) is 4. The standard InChI is InChI=1S/C34H37F2N3O3.C14H28O/c1-4-8-23-10-5-6-11-24(23)15-21(2)16-28-31-34(42)39-22(3)9-7-12-27(39)19-38(31)20-29(32(28)40)33(41)37-18-25-13-14-26(35)17-30(25)36;1-2-3-4-5-6-7-8-9-10-11-12-13-14-15/h5-6,10-11,13-14,17,20,22,27H,2,4,7-9,12,15-16,18-19H2,1,3H3,(H,37,41);14H,2-13H2,1H3. The molecule has 2 aliphatic rings. The van der Waals surface area contributed by atoms with Crippen LogP contribution in [0.3, 0.4) is 0 Å². The third kappa shape index (κ3) is 13.3. The molecule has 2 atom stereocenters. The molecule has 5 rings (SSSR count). The molecule has 9 heteroatoms. The molecule has 1 N–H and O–H groups in total. The normalized spacial score (nSPS) is 15.9. The fourth-order valence-corrected chi connectivity index (χ4v) is 8.28. The van der Waals surface area contributed by atoms with Crippen LogP contribution in [0.15, 0.2) is 65.6 Å². The molecule has 310 valence electrons. The van der Waals surface area contributed by atoms with Crippen LogP contribution in [-0.2, 0) is 37.1 Å². The average molecular weight is 786 g/mol. The lowest BCUT2D eigenvalue weighted by atomic mass is 9.90. The summed E-state index contributed by atoms with van der Waals surface area (Å²) < 4.78 is 29.3. The summed E-state index contributed by atoms with van der Waals surface area (Å²) in [5.74, 6) is -2.36. The summed E-state index contributed by atoms with van der Waals surface area (Å²) in [6.07, 6.45) is 23.5. The largest absolute Gasteiger partial charge is 0.348 e. The number of carbonyl (C=O) groups excluding carboxylic acids is 3. The van der Waals surface area contributed by atoms with E-state index in [1.54, 1.807) is 4.57 Å². The highest BCUT2D eigenvalue weighted by Crippen LogP contribution is 2.31. The summed E-state index contributed by atoms with van der Waals surface area (Å²) in [7, 11) is 0. The van der Waals surface area contributed by atoms with Gasteiger partial charge in [0.05, 0.1) is 6.04 Å². The Bertz CT molecular complexity index is 1850. The molecule has 1 aromatic heterocycles. The molecule has 2 amide bonds. The smallest absolute Gasteiger partial charge is 0.271 e. The Morgan fingerprint density at radius 3 is 2.18 bits per heavy atom. The van der Waals surface area contributed by atoms with E-state index in [0.29, 0.717) is 18.7 Å². The van der Waals surface area contributed by atoms with Crippen molar-refractivity contribution in [2.75, 3.05) is 0 Å². The number of hydrogen-bond donors (Lipinski definition) is 1. The molecule has 3 aromatic rings. The van der Waals surface area contributed by atoms with Crippen LogP contribution >= 0.6 is 0 Å². The quantitative estimate of drug-likeness (QED) is 0.0662. The number of aromatic nitrogens is 1. The van der Waals surface area contributed by atoms with Gasteiger partial charge in [-0.25, -0.2) is 8.78 Å². The van der Waals surface area contributed by atoms with E-state index < -0.39 is 23.0 Å². The Morgan fingerprint density at radius 1 is 0.860 bits per heavy atom. The van der Waals surface area contributed by atoms with Crippen molar-refractivity contribution in [1.82, 2.24) is 14.8 Å². The molecule has 0 bridgehead atoms. The number of halogens is 2. The Kier molecular flexibility index (Phi) is 18.9. The van der Waals surface area contributed by atoms with Crippen LogP contribution in [0.1, 0.15) is 167 Å². The van der Waals surface area contributed by atoms with Crippen LogP contribution in [0.25, 0.3) is 0 Å². The second-order valence-corrected chi connectivity index (χ2v) is 16.0. The van der Waals surface area contributed by atoms with Crippen molar-refractivity contribution in [2.24, 2.45) is 0 Å². The van der Waals surface area contributed by atoms with E-state index in [0.717, 1.165) is 74.5 Å². The molecule has 0 saturated carbocycles. The van der Waals surface area contributed by atoms with E-state index in [-0.39, 0.29) is 47.6 Å². The van der Waals surface area contributed by atoms with Gasteiger partial charge in [0.2, 0.25) is 0 Å². The van der Waals surface area contributed by atoms with Gasteiger partial charge in [-0.15, -0.1) is 0 Å². The topological polar surface area (TPSA) is 88.5 Å². The number of nitrogens with zero attached hydrogens (tertiary/aromatic N) is 2. The van der Waals surface area contributed by atoms with E-state index in [9.17, 15) is 28.0 Å². The Balaban J connectivity index is 0.000000408. The molecular formula is C48H65F2N3O4. The summed E-state index contributed by atoms with van der Waals surface area (Å²) in [5.41, 5.74) is 3.16. The number of piperidine rings is 1. The number of aryl methyl sites for hydroxylation is 1. The van der Waals surface area contributed by atoms with Crippen molar-refractivity contribution in [3.8, 4) is 0 Å². The minimum atomic E-state index is -0.782. The van der Waals surface area contributed by atoms with Crippen molar-refractivity contribution in [2.45, 2.75) is 168 Å². The first kappa shape index (κ1) is 45.3. The van der Waals surface area contributed by atoms with Crippen LogP contribution in [0.5, 0.6) is 0 Å². The fraction of sp³-hybridized carbons (Fsp3) is 0.542. The summed E-state index contributed by atoms with van der Waals surface area (Å²) in [4.78, 5) is 53.2. The van der Waals surface area contributed by atoms with Crippen LogP contribution in [0.4, 0.5) is 8.78 Å². The van der Waals surface area contributed by atoms with Crippen molar-refractivity contribution in [3.63, 3.8) is 0 Å². The second-order valence-electron chi connectivity index (χ2n) is 16.0. The maximum atomic E-state index is 14.2. The van der Waals surface area contributed by atoms with E-state index >= 15 is 0 Å². The van der Waals surface area contributed by atoms with Crippen LogP contribution in [0, 0.1) is 11.6 Å². The van der Waals surface area contributed by atoms with E-state index in [2.05, 4.69) is 37.9 Å². The van der Waals surface area contributed by atoms with E-state index in [1.165, 1.54) is 82.0 Å². The van der Waals surface area contributed by atoms with Gasteiger partial charge >= 0.3 is 0 Å². The van der Waals surface area contributed by atoms with Gasteiger partial charge in [0.25, 0.3) is 11.8 Å². The Labute approximate surface area is 339 Å². The molecule has 0 aliphatic carbocycles. The zero-order valence-corrected chi connectivity index (χ0v) is 34.7. The number of fused-ring (bicyclic) bond motifs is 2. The molecule has 1 fully saturated rings. The Morgan fingerprint density at radius 2 is 1.53 bits per heavy atom. The molecule has 1 saturated heterocycles. The maximum Gasteiger partial charge on any atom is 0.271 e. The number of benzene rings is 2. The van der Waals surface area contributed by atoms with Gasteiger partial charge in [0.15, 0.2) is 5.43 Å². The SMILES string of the molecule is C=C(Cc1ccccc1CCC)Cc1c2n(cc(C(=O)NCc3ccc(F)cc3F)c1=O)CC1CCCC(C)N1C2=O.CCCCCCCCCCCCCC=O. The first-order valence-corrected chi connectivity index (χ1v) is 21.6. The first-order chi connectivity index (χ1) is 27.6. The number of amides is 2. The lowest BCUT2D eigenvalue weighted by Crippen LogP contribution is -2.55. The monoisotopic (exact) mass is 785 g/mol. The number of allylic oxidation sites excluding steroid dienone is 1. The molecule has 0 spiro atoms. The minimum absolute atomic E-state index is 0.0163. The number of unbranched alkanes of at least 4 members (excludes halogenated alkanes) is 11. The molecule has 7 nitrogen and oxygen atoms in total. The third-order valence-corrected chi connectivity index (χ3v) is 11.4. The summed E-state index contributed by atoms with van der Waals surface area (Å²) in [6, 6.07) is 11.3. The van der Waals surface area contributed by atoms with Crippen molar-refractivity contribution >= 4 is 18.1 Å². The number of nitrogens with one attached hydrogen (secondary N) is 1. The zero-order chi connectivity index (χ0) is 41.2. The van der Waals surface area contributed by atoms with Gasteiger partial charge < -0.3 is 19.6 Å². The van der Waals surface area contributed by atoms with Gasteiger partial charge in [-0.2, -0.15) is 0 Å². The van der Waals surface area contributed by atoms with Crippen LogP contribution < -0.4 is 10.7 Å². The number of carbonyl (C=O) groups is 3. The van der Waals surface area contributed by atoms with Crippen molar-refractivity contribution in [1.29, 1.82) is 0 Å². The molecule has 2 aliphatic heterocycles. The Hall–Kier alpha value is -4.40.